The molecule has 2 heterocycles. The van der Waals surface area contributed by atoms with Gasteiger partial charge in [-0.05, 0) is 31.2 Å². The van der Waals surface area contributed by atoms with Crippen molar-refractivity contribution >= 4 is 38.8 Å². The third-order valence-electron chi connectivity index (χ3n) is 2.79. The number of anilines is 1. The third kappa shape index (κ3) is 2.69. The molecular weight excluding hydrogens is 278 g/mol. The van der Waals surface area contributed by atoms with Crippen molar-refractivity contribution in [2.45, 2.75) is 13.0 Å². The van der Waals surface area contributed by atoms with E-state index in [9.17, 15) is 0 Å². The van der Waals surface area contributed by atoms with Gasteiger partial charge < -0.3 is 5.32 Å². The van der Waals surface area contributed by atoms with E-state index in [4.69, 9.17) is 11.6 Å². The normalized spacial score (nSPS) is 12.5. The zero-order valence-electron chi connectivity index (χ0n) is 10.3. The van der Waals surface area contributed by atoms with Gasteiger partial charge in [-0.3, -0.25) is 0 Å². The van der Waals surface area contributed by atoms with Crippen molar-refractivity contribution in [3.63, 3.8) is 0 Å². The Hall–Kier alpha value is -1.65. The van der Waals surface area contributed by atoms with E-state index in [1.807, 2.05) is 24.3 Å². The minimum absolute atomic E-state index is 0.139. The predicted octanol–water partition coefficient (Wildman–Crippen LogP) is 4.52. The number of pyridine rings is 1. The Morgan fingerprint density at radius 2 is 2.05 bits per heavy atom. The average molecular weight is 290 g/mol. The van der Waals surface area contributed by atoms with E-state index in [2.05, 4.69) is 28.3 Å². The zero-order valence-corrected chi connectivity index (χ0v) is 11.9. The van der Waals surface area contributed by atoms with Crippen LogP contribution in [0.25, 0.3) is 10.2 Å². The standard InChI is InChI=1S/C14H12ClN3S/c1-9(17-10-6-7-13(15)16-8-10)14-18-11-4-2-3-5-12(11)19-14/h2-9,17H,1H3. The first-order chi connectivity index (χ1) is 9.22. The van der Waals surface area contributed by atoms with Gasteiger partial charge in [0.1, 0.15) is 10.2 Å². The van der Waals surface area contributed by atoms with Crippen LogP contribution in [0.4, 0.5) is 5.69 Å². The van der Waals surface area contributed by atoms with Crippen LogP contribution < -0.4 is 5.32 Å². The summed E-state index contributed by atoms with van der Waals surface area (Å²) in [4.78, 5) is 8.69. The van der Waals surface area contributed by atoms with E-state index in [-0.39, 0.29) is 6.04 Å². The molecule has 3 nitrogen and oxygen atoms in total. The molecule has 96 valence electrons. The number of aromatic nitrogens is 2. The number of benzene rings is 1. The Morgan fingerprint density at radius 3 is 2.79 bits per heavy atom. The minimum atomic E-state index is 0.139. The molecule has 0 fully saturated rings. The Balaban J connectivity index is 1.83. The second-order valence-corrected chi connectivity index (χ2v) is 5.70. The lowest BCUT2D eigenvalue weighted by Gasteiger charge is -2.11. The zero-order chi connectivity index (χ0) is 13.2. The summed E-state index contributed by atoms with van der Waals surface area (Å²) >= 11 is 7.48. The molecule has 0 saturated carbocycles. The van der Waals surface area contributed by atoms with Gasteiger partial charge in [0, 0.05) is 0 Å². The van der Waals surface area contributed by atoms with Crippen molar-refractivity contribution in [3.05, 3.63) is 52.8 Å². The quantitative estimate of drug-likeness (QED) is 0.721. The summed E-state index contributed by atoms with van der Waals surface area (Å²) in [6, 6.07) is 12.0. The monoisotopic (exact) mass is 289 g/mol. The fourth-order valence-corrected chi connectivity index (χ4v) is 2.93. The summed E-state index contributed by atoms with van der Waals surface area (Å²) in [6.45, 7) is 2.09. The molecule has 0 aliphatic rings. The molecule has 1 atom stereocenters. The summed E-state index contributed by atoms with van der Waals surface area (Å²) in [5.41, 5.74) is 1.99. The van der Waals surface area contributed by atoms with E-state index < -0.39 is 0 Å². The molecule has 0 saturated heterocycles. The first-order valence-electron chi connectivity index (χ1n) is 5.96. The van der Waals surface area contributed by atoms with Crippen molar-refractivity contribution in [3.8, 4) is 0 Å². The molecule has 1 aromatic carbocycles. The molecule has 3 aromatic rings. The molecule has 0 aliphatic carbocycles. The van der Waals surface area contributed by atoms with Gasteiger partial charge in [-0.25, -0.2) is 9.97 Å². The first-order valence-corrected chi connectivity index (χ1v) is 7.15. The molecule has 0 spiro atoms. The molecule has 1 N–H and O–H groups in total. The van der Waals surface area contributed by atoms with Gasteiger partial charge in [0.25, 0.3) is 0 Å². The SMILES string of the molecule is CC(Nc1ccc(Cl)nc1)c1nc2ccccc2s1. The molecule has 3 rings (SSSR count). The van der Waals surface area contributed by atoms with Crippen LogP contribution in [0.2, 0.25) is 5.15 Å². The van der Waals surface area contributed by atoms with Crippen LogP contribution in [0.15, 0.2) is 42.6 Å². The van der Waals surface area contributed by atoms with Crippen molar-refractivity contribution in [1.82, 2.24) is 9.97 Å². The maximum atomic E-state index is 5.77. The van der Waals surface area contributed by atoms with Gasteiger partial charge in [-0.2, -0.15) is 0 Å². The Labute approximate surface area is 120 Å². The van der Waals surface area contributed by atoms with Crippen molar-refractivity contribution in [2.75, 3.05) is 5.32 Å². The van der Waals surface area contributed by atoms with E-state index in [1.54, 1.807) is 23.6 Å². The number of fused-ring (bicyclic) bond motifs is 1. The maximum Gasteiger partial charge on any atom is 0.129 e. The molecule has 2 aromatic heterocycles. The molecule has 0 amide bonds. The molecule has 0 bridgehead atoms. The Kier molecular flexibility index (Phi) is 3.36. The van der Waals surface area contributed by atoms with E-state index in [0.717, 1.165) is 16.2 Å². The number of hydrogen-bond donors (Lipinski definition) is 1. The Bertz CT molecular complexity index is 660. The van der Waals surface area contributed by atoms with Gasteiger partial charge in [0.05, 0.1) is 28.1 Å². The number of rotatable bonds is 3. The fourth-order valence-electron chi connectivity index (χ4n) is 1.85. The summed E-state index contributed by atoms with van der Waals surface area (Å²) in [5.74, 6) is 0. The molecule has 5 heteroatoms. The highest BCUT2D eigenvalue weighted by atomic mass is 35.5. The smallest absolute Gasteiger partial charge is 0.129 e. The lowest BCUT2D eigenvalue weighted by atomic mass is 10.3. The van der Waals surface area contributed by atoms with Gasteiger partial charge >= 0.3 is 0 Å². The summed E-state index contributed by atoms with van der Waals surface area (Å²) < 4.78 is 1.21. The molecule has 0 radical (unpaired) electrons. The first kappa shape index (κ1) is 12.4. The number of nitrogens with zero attached hydrogens (tertiary/aromatic N) is 2. The fraction of sp³-hybridized carbons (Fsp3) is 0.143. The van der Waals surface area contributed by atoms with Crippen molar-refractivity contribution in [1.29, 1.82) is 0 Å². The summed E-state index contributed by atoms with van der Waals surface area (Å²) in [5, 5.41) is 4.94. The number of hydrogen-bond acceptors (Lipinski definition) is 4. The summed E-state index contributed by atoms with van der Waals surface area (Å²) in [6.07, 6.45) is 1.73. The lowest BCUT2D eigenvalue weighted by molar-refractivity contribution is 0.872. The number of nitrogens with one attached hydrogen (secondary N) is 1. The van der Waals surface area contributed by atoms with E-state index in [1.165, 1.54) is 4.70 Å². The van der Waals surface area contributed by atoms with Crippen LogP contribution in [0, 0.1) is 0 Å². The summed E-state index contributed by atoms with van der Waals surface area (Å²) in [7, 11) is 0. The molecule has 19 heavy (non-hydrogen) atoms. The van der Waals surface area contributed by atoms with Crippen LogP contribution in [0.5, 0.6) is 0 Å². The van der Waals surface area contributed by atoms with Crippen LogP contribution in [-0.2, 0) is 0 Å². The third-order valence-corrected chi connectivity index (χ3v) is 4.23. The van der Waals surface area contributed by atoms with Gasteiger partial charge in [-0.1, -0.05) is 23.7 Å². The molecular formula is C14H12ClN3S. The van der Waals surface area contributed by atoms with E-state index >= 15 is 0 Å². The second kappa shape index (κ2) is 5.15. The average Bonchev–Trinajstić information content (AvgIpc) is 2.85. The maximum absolute atomic E-state index is 5.77. The van der Waals surface area contributed by atoms with Crippen LogP contribution in [0.1, 0.15) is 18.0 Å². The van der Waals surface area contributed by atoms with Crippen LogP contribution in [0.3, 0.4) is 0 Å². The van der Waals surface area contributed by atoms with Crippen molar-refractivity contribution < 1.29 is 0 Å². The highest BCUT2D eigenvalue weighted by Gasteiger charge is 2.11. The lowest BCUT2D eigenvalue weighted by Crippen LogP contribution is -2.06. The van der Waals surface area contributed by atoms with Gasteiger partial charge in [-0.15, -0.1) is 11.3 Å². The number of para-hydroxylation sites is 1. The van der Waals surface area contributed by atoms with Gasteiger partial charge in [0.2, 0.25) is 0 Å². The molecule has 0 aliphatic heterocycles. The number of halogens is 1. The molecule has 1 unspecified atom stereocenters. The highest BCUT2D eigenvalue weighted by molar-refractivity contribution is 7.18. The Morgan fingerprint density at radius 1 is 1.21 bits per heavy atom. The predicted molar refractivity (Wildman–Crippen MR) is 80.9 cm³/mol. The van der Waals surface area contributed by atoms with Crippen LogP contribution >= 0.6 is 22.9 Å². The van der Waals surface area contributed by atoms with Crippen LogP contribution in [-0.4, -0.2) is 9.97 Å². The highest BCUT2D eigenvalue weighted by Crippen LogP contribution is 2.28. The number of thiazole rings is 1. The topological polar surface area (TPSA) is 37.8 Å². The van der Waals surface area contributed by atoms with Gasteiger partial charge in [0.15, 0.2) is 0 Å². The second-order valence-electron chi connectivity index (χ2n) is 4.26. The minimum Gasteiger partial charge on any atom is -0.375 e. The van der Waals surface area contributed by atoms with E-state index in [0.29, 0.717) is 5.15 Å². The van der Waals surface area contributed by atoms with Crippen molar-refractivity contribution in [2.24, 2.45) is 0 Å². The largest absolute Gasteiger partial charge is 0.375 e.